The lowest BCUT2D eigenvalue weighted by Crippen LogP contribution is -2.45. The van der Waals surface area contributed by atoms with E-state index in [4.69, 9.17) is 9.47 Å². The number of nitrogens with zero attached hydrogens (tertiary/aromatic N) is 2. The van der Waals surface area contributed by atoms with Crippen molar-refractivity contribution in [3.8, 4) is 0 Å². The first kappa shape index (κ1) is 15.3. The van der Waals surface area contributed by atoms with E-state index in [9.17, 15) is 4.79 Å². The third kappa shape index (κ3) is 3.93. The minimum atomic E-state index is -0.501. The van der Waals surface area contributed by atoms with Crippen molar-refractivity contribution < 1.29 is 14.3 Å². The number of hydrogen-bond donors (Lipinski definition) is 0. The van der Waals surface area contributed by atoms with E-state index >= 15 is 0 Å². The molecule has 5 nitrogen and oxygen atoms in total. The van der Waals surface area contributed by atoms with E-state index in [0.717, 1.165) is 10.2 Å². The Morgan fingerprint density at radius 3 is 2.95 bits per heavy atom. The van der Waals surface area contributed by atoms with Crippen LogP contribution in [0.15, 0.2) is 22.9 Å². The standard InChI is InChI=1S/C14H19BrN2O3/c1-14(2,3)20-13(18)17-6-7-19-9-11(17)10-4-5-16-12(15)8-10/h4-5,8,11H,6-7,9H2,1-3H3. The molecule has 0 bridgehead atoms. The second kappa shape index (κ2) is 6.10. The molecular formula is C14H19BrN2O3. The first-order valence-corrected chi connectivity index (χ1v) is 7.35. The van der Waals surface area contributed by atoms with Crippen molar-refractivity contribution in [1.29, 1.82) is 0 Å². The van der Waals surface area contributed by atoms with Gasteiger partial charge in [-0.3, -0.25) is 4.90 Å². The zero-order valence-corrected chi connectivity index (χ0v) is 13.5. The van der Waals surface area contributed by atoms with Crippen molar-refractivity contribution in [2.45, 2.75) is 32.4 Å². The number of halogens is 1. The van der Waals surface area contributed by atoms with Crippen LogP contribution >= 0.6 is 15.9 Å². The Morgan fingerprint density at radius 2 is 2.30 bits per heavy atom. The van der Waals surface area contributed by atoms with Crippen LogP contribution in [-0.4, -0.2) is 41.3 Å². The normalized spacial score (nSPS) is 19.8. The second-order valence-corrected chi connectivity index (χ2v) is 6.49. The van der Waals surface area contributed by atoms with Gasteiger partial charge in [0.25, 0.3) is 0 Å². The predicted octanol–water partition coefficient (Wildman–Crippen LogP) is 3.15. The molecule has 0 radical (unpaired) electrons. The Kier molecular flexibility index (Phi) is 4.65. The fraction of sp³-hybridized carbons (Fsp3) is 0.571. The molecular weight excluding hydrogens is 324 g/mol. The van der Waals surface area contributed by atoms with Gasteiger partial charge in [-0.15, -0.1) is 0 Å². The Hall–Kier alpha value is -1.14. The molecule has 0 saturated carbocycles. The van der Waals surface area contributed by atoms with E-state index < -0.39 is 5.60 Å². The molecule has 1 aliphatic heterocycles. The smallest absolute Gasteiger partial charge is 0.410 e. The molecule has 6 heteroatoms. The highest BCUT2D eigenvalue weighted by atomic mass is 79.9. The topological polar surface area (TPSA) is 51.7 Å². The molecule has 1 unspecified atom stereocenters. The molecule has 1 aromatic heterocycles. The van der Waals surface area contributed by atoms with E-state index in [-0.39, 0.29) is 12.1 Å². The van der Waals surface area contributed by atoms with Crippen LogP contribution in [0.1, 0.15) is 32.4 Å². The van der Waals surface area contributed by atoms with E-state index in [1.54, 1.807) is 11.1 Å². The van der Waals surface area contributed by atoms with Gasteiger partial charge in [-0.2, -0.15) is 0 Å². The summed E-state index contributed by atoms with van der Waals surface area (Å²) in [5.41, 5.74) is 0.483. The molecule has 2 heterocycles. The van der Waals surface area contributed by atoms with Gasteiger partial charge in [0.05, 0.1) is 19.3 Å². The first-order chi connectivity index (χ1) is 9.37. The molecule has 1 fully saturated rings. The van der Waals surface area contributed by atoms with Crippen molar-refractivity contribution in [1.82, 2.24) is 9.88 Å². The average Bonchev–Trinajstić information content (AvgIpc) is 2.37. The minimum absolute atomic E-state index is 0.141. The zero-order valence-electron chi connectivity index (χ0n) is 11.9. The van der Waals surface area contributed by atoms with Crippen LogP contribution in [0, 0.1) is 0 Å². The van der Waals surface area contributed by atoms with Crippen LogP contribution in [0.4, 0.5) is 4.79 Å². The Balaban J connectivity index is 2.19. The molecule has 0 aliphatic carbocycles. The SMILES string of the molecule is CC(C)(C)OC(=O)N1CCOCC1c1ccnc(Br)c1. The van der Waals surface area contributed by atoms with Gasteiger partial charge in [-0.1, -0.05) is 0 Å². The summed E-state index contributed by atoms with van der Waals surface area (Å²) in [7, 11) is 0. The summed E-state index contributed by atoms with van der Waals surface area (Å²) in [6, 6.07) is 3.65. The molecule has 0 spiro atoms. The van der Waals surface area contributed by atoms with Gasteiger partial charge in [0.15, 0.2) is 0 Å². The highest BCUT2D eigenvalue weighted by molar-refractivity contribution is 9.10. The largest absolute Gasteiger partial charge is 0.444 e. The van der Waals surface area contributed by atoms with Gasteiger partial charge in [-0.25, -0.2) is 9.78 Å². The van der Waals surface area contributed by atoms with Crippen molar-refractivity contribution in [3.63, 3.8) is 0 Å². The van der Waals surface area contributed by atoms with Crippen molar-refractivity contribution in [3.05, 3.63) is 28.5 Å². The summed E-state index contributed by atoms with van der Waals surface area (Å²) in [6.07, 6.45) is 1.40. The van der Waals surface area contributed by atoms with Crippen molar-refractivity contribution >= 4 is 22.0 Å². The van der Waals surface area contributed by atoms with E-state index in [1.165, 1.54) is 0 Å². The second-order valence-electron chi connectivity index (χ2n) is 5.68. The minimum Gasteiger partial charge on any atom is -0.444 e. The van der Waals surface area contributed by atoms with Crippen LogP contribution in [0.5, 0.6) is 0 Å². The summed E-state index contributed by atoms with van der Waals surface area (Å²) in [4.78, 5) is 18.1. The molecule has 0 aromatic carbocycles. The lowest BCUT2D eigenvalue weighted by Gasteiger charge is -2.36. The number of rotatable bonds is 1. The molecule has 1 amide bonds. The first-order valence-electron chi connectivity index (χ1n) is 6.55. The Labute approximate surface area is 127 Å². The number of amides is 1. The maximum atomic E-state index is 12.3. The molecule has 1 aromatic rings. The van der Waals surface area contributed by atoms with E-state index in [2.05, 4.69) is 20.9 Å². The summed E-state index contributed by atoms with van der Waals surface area (Å²) in [5.74, 6) is 0. The summed E-state index contributed by atoms with van der Waals surface area (Å²) in [6.45, 7) is 7.12. The highest BCUT2D eigenvalue weighted by Crippen LogP contribution is 2.27. The van der Waals surface area contributed by atoms with E-state index in [1.807, 2.05) is 32.9 Å². The highest BCUT2D eigenvalue weighted by Gasteiger charge is 2.32. The average molecular weight is 343 g/mol. The number of ether oxygens (including phenoxy) is 2. The molecule has 20 heavy (non-hydrogen) atoms. The number of aromatic nitrogens is 1. The number of pyridine rings is 1. The number of hydrogen-bond acceptors (Lipinski definition) is 4. The quantitative estimate of drug-likeness (QED) is 0.735. The Morgan fingerprint density at radius 1 is 1.55 bits per heavy atom. The maximum absolute atomic E-state index is 12.3. The molecule has 1 aliphatic rings. The van der Waals surface area contributed by atoms with Gasteiger partial charge >= 0.3 is 6.09 Å². The predicted molar refractivity (Wildman–Crippen MR) is 78.4 cm³/mol. The number of morpholine rings is 1. The lowest BCUT2D eigenvalue weighted by molar-refractivity contribution is -0.0331. The van der Waals surface area contributed by atoms with Crippen molar-refractivity contribution in [2.24, 2.45) is 0 Å². The van der Waals surface area contributed by atoms with Crippen LogP contribution in [-0.2, 0) is 9.47 Å². The molecule has 1 saturated heterocycles. The molecule has 110 valence electrons. The fourth-order valence-corrected chi connectivity index (χ4v) is 2.43. The van der Waals surface area contributed by atoms with Crippen LogP contribution in [0.2, 0.25) is 0 Å². The van der Waals surface area contributed by atoms with Crippen LogP contribution in [0.3, 0.4) is 0 Å². The monoisotopic (exact) mass is 342 g/mol. The molecule has 2 rings (SSSR count). The van der Waals surface area contributed by atoms with Gasteiger partial charge in [0.1, 0.15) is 10.2 Å². The summed E-state index contributed by atoms with van der Waals surface area (Å²) < 4.78 is 11.7. The Bertz CT molecular complexity index is 488. The van der Waals surface area contributed by atoms with Gasteiger partial charge < -0.3 is 9.47 Å². The number of carbonyl (C=O) groups excluding carboxylic acids is 1. The van der Waals surface area contributed by atoms with Gasteiger partial charge in [0, 0.05) is 12.7 Å². The lowest BCUT2D eigenvalue weighted by atomic mass is 10.1. The van der Waals surface area contributed by atoms with Gasteiger partial charge in [0.2, 0.25) is 0 Å². The third-order valence-corrected chi connectivity index (χ3v) is 3.33. The molecule has 0 N–H and O–H groups in total. The zero-order chi connectivity index (χ0) is 14.8. The maximum Gasteiger partial charge on any atom is 0.410 e. The fourth-order valence-electron chi connectivity index (χ4n) is 2.04. The van der Waals surface area contributed by atoms with Crippen LogP contribution < -0.4 is 0 Å². The number of carbonyl (C=O) groups is 1. The van der Waals surface area contributed by atoms with E-state index in [0.29, 0.717) is 19.8 Å². The van der Waals surface area contributed by atoms with Crippen molar-refractivity contribution in [2.75, 3.05) is 19.8 Å². The van der Waals surface area contributed by atoms with Gasteiger partial charge in [-0.05, 0) is 54.4 Å². The summed E-state index contributed by atoms with van der Waals surface area (Å²) >= 11 is 3.35. The summed E-state index contributed by atoms with van der Waals surface area (Å²) in [5, 5.41) is 0. The molecule has 1 atom stereocenters. The third-order valence-electron chi connectivity index (χ3n) is 2.89. The van der Waals surface area contributed by atoms with Crippen LogP contribution in [0.25, 0.3) is 0 Å².